The number of imide groups is 1. The zero-order chi connectivity index (χ0) is 16.4. The van der Waals surface area contributed by atoms with E-state index < -0.39 is 23.9 Å². The minimum Gasteiger partial charge on any atom is -0.482 e. The number of rotatable bonds is 3. The van der Waals surface area contributed by atoms with Gasteiger partial charge < -0.3 is 20.7 Å². The number of carbonyl (C=O) groups excluding carboxylic acids is 4. The van der Waals surface area contributed by atoms with Crippen molar-refractivity contribution in [3.63, 3.8) is 0 Å². The molecule has 1 atom stereocenters. The van der Waals surface area contributed by atoms with Gasteiger partial charge in [-0.2, -0.15) is 0 Å². The van der Waals surface area contributed by atoms with E-state index in [4.69, 9.17) is 4.74 Å². The van der Waals surface area contributed by atoms with Gasteiger partial charge in [0, 0.05) is 6.54 Å². The van der Waals surface area contributed by atoms with Crippen molar-refractivity contribution in [3.8, 4) is 5.75 Å². The fourth-order valence-corrected chi connectivity index (χ4v) is 2.32. The molecule has 23 heavy (non-hydrogen) atoms. The van der Waals surface area contributed by atoms with Gasteiger partial charge in [0.15, 0.2) is 6.61 Å². The molecule has 0 radical (unpaired) electrons. The monoisotopic (exact) mass is 318 g/mol. The minimum atomic E-state index is -0.892. The molecule has 0 saturated carbocycles. The molecule has 2 aliphatic rings. The summed E-state index contributed by atoms with van der Waals surface area (Å²) in [6.07, 6.45) is -0.105. The van der Waals surface area contributed by atoms with Crippen LogP contribution >= 0.6 is 0 Å². The van der Waals surface area contributed by atoms with Crippen molar-refractivity contribution in [2.24, 2.45) is 0 Å². The number of fused-ring (bicyclic) bond motifs is 1. The second kappa shape index (κ2) is 5.95. The summed E-state index contributed by atoms with van der Waals surface area (Å²) < 4.78 is 5.24. The molecular formula is C14H14N4O5. The van der Waals surface area contributed by atoms with E-state index in [0.717, 1.165) is 5.56 Å². The summed E-state index contributed by atoms with van der Waals surface area (Å²) in [4.78, 5) is 45.7. The standard InChI is InChI=1S/C14H14N4O5/c19-11-4-9(17-14(22)18-11)13(21)15-5-7-1-2-10-8(3-7)16-12(20)6-23-10/h1-3,9H,4-6H2,(H,15,21)(H,16,20)(H2,17,18,19,22)/t9-/m1/s1. The number of ether oxygens (including phenoxy) is 1. The van der Waals surface area contributed by atoms with Crippen molar-refractivity contribution in [2.45, 2.75) is 19.0 Å². The average Bonchev–Trinajstić information content (AvgIpc) is 2.51. The van der Waals surface area contributed by atoms with Gasteiger partial charge >= 0.3 is 6.03 Å². The molecule has 1 aromatic rings. The van der Waals surface area contributed by atoms with Crippen LogP contribution in [-0.2, 0) is 20.9 Å². The van der Waals surface area contributed by atoms with Crippen molar-refractivity contribution in [2.75, 3.05) is 11.9 Å². The van der Waals surface area contributed by atoms with Crippen LogP contribution in [0.3, 0.4) is 0 Å². The smallest absolute Gasteiger partial charge is 0.322 e. The number of anilines is 1. The Kier molecular flexibility index (Phi) is 3.83. The van der Waals surface area contributed by atoms with E-state index in [-0.39, 0.29) is 25.5 Å². The van der Waals surface area contributed by atoms with Crippen molar-refractivity contribution >= 4 is 29.4 Å². The third kappa shape index (κ3) is 3.39. The Bertz CT molecular complexity index is 686. The molecule has 0 spiro atoms. The lowest BCUT2D eigenvalue weighted by Gasteiger charge is -2.22. The van der Waals surface area contributed by atoms with E-state index in [1.54, 1.807) is 18.2 Å². The van der Waals surface area contributed by atoms with Crippen LogP contribution in [0.25, 0.3) is 0 Å². The fraction of sp³-hybridized carbons (Fsp3) is 0.286. The van der Waals surface area contributed by atoms with Gasteiger partial charge in [-0.3, -0.25) is 19.7 Å². The number of amides is 5. The molecule has 2 aliphatic heterocycles. The van der Waals surface area contributed by atoms with Gasteiger partial charge in [-0.1, -0.05) is 6.07 Å². The first-order chi connectivity index (χ1) is 11.0. The molecule has 5 amide bonds. The fourth-order valence-electron chi connectivity index (χ4n) is 2.32. The number of carbonyl (C=O) groups is 4. The van der Waals surface area contributed by atoms with Crippen LogP contribution in [0, 0.1) is 0 Å². The second-order valence-electron chi connectivity index (χ2n) is 5.16. The third-order valence-corrected chi connectivity index (χ3v) is 3.41. The molecule has 0 aromatic heterocycles. The van der Waals surface area contributed by atoms with E-state index in [2.05, 4.69) is 21.3 Å². The minimum absolute atomic E-state index is 0.0213. The van der Waals surface area contributed by atoms with Crippen LogP contribution in [0.5, 0.6) is 5.75 Å². The SMILES string of the molecule is O=C1C[C@H](C(=O)NCc2ccc3c(c2)NC(=O)CO3)NC(=O)N1. The Balaban J connectivity index is 1.61. The molecule has 1 saturated heterocycles. The Morgan fingerprint density at radius 2 is 2.04 bits per heavy atom. The summed E-state index contributed by atoms with van der Waals surface area (Å²) >= 11 is 0. The summed E-state index contributed by atoms with van der Waals surface area (Å²) in [6.45, 7) is 0.169. The maximum absolute atomic E-state index is 12.0. The summed E-state index contributed by atoms with van der Waals surface area (Å²) in [7, 11) is 0. The maximum Gasteiger partial charge on any atom is 0.322 e. The number of urea groups is 1. The Hall–Kier alpha value is -3.10. The molecule has 9 heteroatoms. The van der Waals surface area contributed by atoms with Crippen LogP contribution < -0.4 is 26.0 Å². The number of benzene rings is 1. The van der Waals surface area contributed by atoms with Gasteiger partial charge in [0.1, 0.15) is 11.8 Å². The van der Waals surface area contributed by atoms with Gasteiger partial charge in [-0.25, -0.2) is 4.79 Å². The summed E-state index contributed by atoms with van der Waals surface area (Å²) in [5.41, 5.74) is 1.29. The third-order valence-electron chi connectivity index (χ3n) is 3.41. The van der Waals surface area contributed by atoms with E-state index in [9.17, 15) is 19.2 Å². The molecule has 4 N–H and O–H groups in total. The molecule has 0 bridgehead atoms. The second-order valence-corrected chi connectivity index (χ2v) is 5.16. The van der Waals surface area contributed by atoms with E-state index in [1.165, 1.54) is 0 Å². The van der Waals surface area contributed by atoms with Gasteiger partial charge in [0.2, 0.25) is 11.8 Å². The van der Waals surface area contributed by atoms with Crippen molar-refractivity contribution in [1.29, 1.82) is 0 Å². The van der Waals surface area contributed by atoms with Gasteiger partial charge in [0.25, 0.3) is 5.91 Å². The van der Waals surface area contributed by atoms with Gasteiger partial charge in [0.05, 0.1) is 12.1 Å². The Morgan fingerprint density at radius 1 is 1.22 bits per heavy atom. The van der Waals surface area contributed by atoms with E-state index in [0.29, 0.717) is 11.4 Å². The molecule has 1 aromatic carbocycles. The Labute approximate surface area is 130 Å². The highest BCUT2D eigenvalue weighted by atomic mass is 16.5. The highest BCUT2D eigenvalue weighted by Gasteiger charge is 2.29. The maximum atomic E-state index is 12.0. The van der Waals surface area contributed by atoms with Crippen molar-refractivity contribution in [3.05, 3.63) is 23.8 Å². The van der Waals surface area contributed by atoms with Crippen LogP contribution in [0.4, 0.5) is 10.5 Å². The largest absolute Gasteiger partial charge is 0.482 e. The highest BCUT2D eigenvalue weighted by Crippen LogP contribution is 2.28. The summed E-state index contributed by atoms with van der Waals surface area (Å²) in [6, 6.07) is 3.57. The predicted molar refractivity (Wildman–Crippen MR) is 77.5 cm³/mol. The molecule has 3 rings (SSSR count). The number of hydrogen-bond donors (Lipinski definition) is 4. The van der Waals surface area contributed by atoms with Crippen LogP contribution in [0.1, 0.15) is 12.0 Å². The van der Waals surface area contributed by atoms with Crippen molar-refractivity contribution < 1.29 is 23.9 Å². The molecule has 9 nitrogen and oxygen atoms in total. The average molecular weight is 318 g/mol. The first-order valence-corrected chi connectivity index (χ1v) is 6.95. The normalized spacial score (nSPS) is 19.7. The van der Waals surface area contributed by atoms with Crippen LogP contribution in [0.15, 0.2) is 18.2 Å². The molecule has 120 valence electrons. The predicted octanol–water partition coefficient (Wildman–Crippen LogP) is -0.768. The van der Waals surface area contributed by atoms with Gasteiger partial charge in [-0.15, -0.1) is 0 Å². The molecule has 2 heterocycles. The van der Waals surface area contributed by atoms with Crippen molar-refractivity contribution in [1.82, 2.24) is 16.0 Å². The lowest BCUT2D eigenvalue weighted by molar-refractivity contribution is -0.128. The zero-order valence-corrected chi connectivity index (χ0v) is 12.0. The first kappa shape index (κ1) is 14.8. The molecule has 1 fully saturated rings. The first-order valence-electron chi connectivity index (χ1n) is 6.95. The Morgan fingerprint density at radius 3 is 2.83 bits per heavy atom. The van der Waals surface area contributed by atoms with Gasteiger partial charge in [-0.05, 0) is 17.7 Å². The topological polar surface area (TPSA) is 126 Å². The lowest BCUT2D eigenvalue weighted by atomic mass is 10.1. The number of nitrogens with one attached hydrogen (secondary N) is 4. The quantitative estimate of drug-likeness (QED) is 0.582. The highest BCUT2D eigenvalue weighted by molar-refractivity contribution is 6.02. The summed E-state index contributed by atoms with van der Waals surface area (Å²) in [5.74, 6) is -0.626. The number of hydrogen-bond acceptors (Lipinski definition) is 5. The molecule has 0 aliphatic carbocycles. The van der Waals surface area contributed by atoms with E-state index >= 15 is 0 Å². The summed E-state index contributed by atoms with van der Waals surface area (Å²) in [5, 5.41) is 9.75. The lowest BCUT2D eigenvalue weighted by Crippen LogP contribution is -2.57. The van der Waals surface area contributed by atoms with Crippen LogP contribution in [0.2, 0.25) is 0 Å². The molecule has 0 unspecified atom stereocenters. The molecular weight excluding hydrogens is 304 g/mol. The van der Waals surface area contributed by atoms with E-state index in [1.807, 2.05) is 0 Å². The van der Waals surface area contributed by atoms with Crippen LogP contribution in [-0.4, -0.2) is 36.4 Å². The zero-order valence-electron chi connectivity index (χ0n) is 12.0.